The minimum absolute atomic E-state index is 0.121. The molecule has 30 heavy (non-hydrogen) atoms. The highest BCUT2D eigenvalue weighted by molar-refractivity contribution is 8.00. The first-order valence-corrected chi connectivity index (χ1v) is 11.8. The minimum Gasteiger partial charge on any atom is -0.379 e. The highest BCUT2D eigenvalue weighted by Gasteiger charge is 2.27. The van der Waals surface area contributed by atoms with Gasteiger partial charge in [0.2, 0.25) is 15.9 Å². The molecule has 2 heterocycles. The maximum atomic E-state index is 13.3. The highest BCUT2D eigenvalue weighted by Crippen LogP contribution is 2.25. The van der Waals surface area contributed by atoms with Crippen LogP contribution in [-0.4, -0.2) is 67.1 Å². The Hall–Kier alpha value is -2.01. The molecule has 0 radical (unpaired) electrons. The molecule has 7 nitrogen and oxygen atoms in total. The van der Waals surface area contributed by atoms with E-state index in [0.717, 1.165) is 0 Å². The first-order chi connectivity index (χ1) is 14.3. The van der Waals surface area contributed by atoms with Crippen LogP contribution in [0.3, 0.4) is 0 Å². The zero-order valence-corrected chi connectivity index (χ0v) is 18.5. The van der Waals surface area contributed by atoms with E-state index < -0.39 is 15.3 Å². The molecule has 1 amide bonds. The van der Waals surface area contributed by atoms with Crippen molar-refractivity contribution < 1.29 is 22.3 Å². The number of hydrogen-bond acceptors (Lipinski definition) is 6. The van der Waals surface area contributed by atoms with Crippen LogP contribution in [0.25, 0.3) is 0 Å². The summed E-state index contributed by atoms with van der Waals surface area (Å²) in [6, 6.07) is 9.24. The Labute approximate surface area is 180 Å². The topological polar surface area (TPSA) is 79.8 Å². The van der Waals surface area contributed by atoms with Gasteiger partial charge in [-0.05, 0) is 36.8 Å². The molecule has 1 aromatic heterocycles. The SMILES string of the molecule is C[C@@H](Sc1ccc(S(=O)(=O)N2CCOCC2)cn1)C(=O)N(C)Cc1cccc(F)c1. The summed E-state index contributed by atoms with van der Waals surface area (Å²) < 4.78 is 45.2. The third kappa shape index (κ3) is 5.57. The minimum atomic E-state index is -3.60. The average molecular weight is 454 g/mol. The van der Waals surface area contributed by atoms with Gasteiger partial charge in [-0.25, -0.2) is 17.8 Å². The summed E-state index contributed by atoms with van der Waals surface area (Å²) in [5.74, 6) is -0.469. The van der Waals surface area contributed by atoms with Crippen LogP contribution < -0.4 is 0 Å². The van der Waals surface area contributed by atoms with Gasteiger partial charge >= 0.3 is 0 Å². The van der Waals surface area contributed by atoms with Crippen molar-refractivity contribution in [2.75, 3.05) is 33.4 Å². The fourth-order valence-corrected chi connectivity index (χ4v) is 5.31. The number of carbonyl (C=O) groups excluding carboxylic acids is 1. The fourth-order valence-electron chi connectivity index (χ4n) is 3.05. The molecule has 1 atom stereocenters. The number of benzene rings is 1. The van der Waals surface area contributed by atoms with Crippen molar-refractivity contribution in [1.82, 2.24) is 14.2 Å². The first-order valence-electron chi connectivity index (χ1n) is 9.47. The number of morpholine rings is 1. The molecular weight excluding hydrogens is 429 g/mol. The van der Waals surface area contributed by atoms with Gasteiger partial charge in [0.15, 0.2) is 0 Å². The third-order valence-electron chi connectivity index (χ3n) is 4.65. The van der Waals surface area contributed by atoms with Gasteiger partial charge in [0, 0.05) is 32.9 Å². The van der Waals surface area contributed by atoms with Crippen molar-refractivity contribution in [1.29, 1.82) is 0 Å². The molecule has 0 bridgehead atoms. The Morgan fingerprint density at radius 2 is 2.03 bits per heavy atom. The van der Waals surface area contributed by atoms with E-state index in [-0.39, 0.29) is 16.6 Å². The third-order valence-corrected chi connectivity index (χ3v) is 7.57. The summed E-state index contributed by atoms with van der Waals surface area (Å²) in [5, 5.41) is 0.119. The molecule has 0 unspecified atom stereocenters. The molecular formula is C20H24FN3O4S2. The standard InChI is InChI=1S/C20H24FN3O4S2/c1-15(20(25)23(2)14-16-4-3-5-17(21)12-16)29-19-7-6-18(13-22-19)30(26,27)24-8-10-28-11-9-24/h3-7,12-13,15H,8-11,14H2,1-2H3/t15-/m1/s1. The normalized spacial score (nSPS) is 16.2. The Bertz CT molecular complexity index is 980. The monoisotopic (exact) mass is 453 g/mol. The molecule has 0 spiro atoms. The van der Waals surface area contributed by atoms with Crippen molar-refractivity contribution in [3.63, 3.8) is 0 Å². The summed E-state index contributed by atoms with van der Waals surface area (Å²) in [4.78, 5) is 18.5. The molecule has 1 fully saturated rings. The lowest BCUT2D eigenvalue weighted by Gasteiger charge is -2.26. The van der Waals surface area contributed by atoms with Crippen LogP contribution in [0.15, 0.2) is 52.5 Å². The van der Waals surface area contributed by atoms with Gasteiger partial charge in [0.25, 0.3) is 0 Å². The highest BCUT2D eigenvalue weighted by atomic mass is 32.2. The summed E-state index contributed by atoms with van der Waals surface area (Å²) in [6.45, 7) is 3.46. The van der Waals surface area contributed by atoms with Crippen molar-refractivity contribution in [2.24, 2.45) is 0 Å². The average Bonchev–Trinajstić information content (AvgIpc) is 2.74. The summed E-state index contributed by atoms with van der Waals surface area (Å²) in [7, 11) is -1.94. The molecule has 0 aliphatic carbocycles. The van der Waals surface area contributed by atoms with Crippen molar-refractivity contribution in [3.8, 4) is 0 Å². The van der Waals surface area contributed by atoms with Gasteiger partial charge in [0.05, 0.1) is 23.5 Å². The number of ether oxygens (including phenoxy) is 1. The number of pyridine rings is 1. The second-order valence-corrected chi connectivity index (χ2v) is 10.2. The van der Waals surface area contributed by atoms with E-state index >= 15 is 0 Å². The van der Waals surface area contributed by atoms with Crippen molar-refractivity contribution in [3.05, 3.63) is 54.0 Å². The first kappa shape index (κ1) is 22.7. The Morgan fingerprint density at radius 1 is 1.30 bits per heavy atom. The van der Waals surface area contributed by atoms with Gasteiger partial charge in [0.1, 0.15) is 10.7 Å². The molecule has 1 aromatic carbocycles. The number of hydrogen-bond donors (Lipinski definition) is 0. The molecule has 0 saturated carbocycles. The molecule has 0 N–H and O–H groups in total. The molecule has 1 saturated heterocycles. The predicted molar refractivity (Wildman–Crippen MR) is 112 cm³/mol. The molecule has 2 aromatic rings. The van der Waals surface area contributed by atoms with Gasteiger partial charge in [-0.1, -0.05) is 23.9 Å². The lowest BCUT2D eigenvalue weighted by molar-refractivity contribution is -0.129. The number of halogens is 1. The van der Waals surface area contributed by atoms with E-state index in [4.69, 9.17) is 4.74 Å². The van der Waals surface area contributed by atoms with Crippen molar-refractivity contribution >= 4 is 27.7 Å². The van der Waals surface area contributed by atoms with E-state index in [2.05, 4.69) is 4.98 Å². The molecule has 3 rings (SSSR count). The molecule has 1 aliphatic heterocycles. The van der Waals surface area contributed by atoms with Crippen LogP contribution in [0.2, 0.25) is 0 Å². The van der Waals surface area contributed by atoms with Crippen LogP contribution in [0, 0.1) is 5.82 Å². The van der Waals surface area contributed by atoms with E-state index in [0.29, 0.717) is 43.4 Å². The van der Waals surface area contributed by atoms with Crippen LogP contribution in [0.4, 0.5) is 4.39 Å². The van der Waals surface area contributed by atoms with E-state index in [1.54, 1.807) is 32.2 Å². The molecule has 10 heteroatoms. The number of nitrogens with zero attached hydrogens (tertiary/aromatic N) is 3. The van der Waals surface area contributed by atoms with Crippen molar-refractivity contribution in [2.45, 2.75) is 28.6 Å². The number of carbonyl (C=O) groups is 1. The van der Waals surface area contributed by atoms with Gasteiger partial charge in [-0.15, -0.1) is 0 Å². The maximum absolute atomic E-state index is 13.3. The fraction of sp³-hybridized carbons (Fsp3) is 0.400. The van der Waals surface area contributed by atoms with Crippen LogP contribution in [0.1, 0.15) is 12.5 Å². The van der Waals surface area contributed by atoms with Crippen LogP contribution in [-0.2, 0) is 26.1 Å². The lowest BCUT2D eigenvalue weighted by Crippen LogP contribution is -2.40. The number of sulfonamides is 1. The zero-order chi connectivity index (χ0) is 21.7. The maximum Gasteiger partial charge on any atom is 0.244 e. The summed E-state index contributed by atoms with van der Waals surface area (Å²) in [6.07, 6.45) is 1.32. The van der Waals surface area contributed by atoms with Gasteiger partial charge in [-0.3, -0.25) is 4.79 Å². The second-order valence-electron chi connectivity index (χ2n) is 6.93. The number of rotatable bonds is 7. The quantitative estimate of drug-likeness (QED) is 0.599. The Kier molecular flexibility index (Phi) is 7.45. The predicted octanol–water partition coefficient (Wildman–Crippen LogP) is 2.38. The lowest BCUT2D eigenvalue weighted by atomic mass is 10.2. The Balaban J connectivity index is 1.60. The van der Waals surface area contributed by atoms with E-state index in [1.807, 2.05) is 0 Å². The van der Waals surface area contributed by atoms with Crippen LogP contribution >= 0.6 is 11.8 Å². The van der Waals surface area contributed by atoms with Gasteiger partial charge < -0.3 is 9.64 Å². The molecule has 1 aliphatic rings. The number of aromatic nitrogens is 1. The molecule has 162 valence electrons. The second kappa shape index (κ2) is 9.86. The largest absolute Gasteiger partial charge is 0.379 e. The number of amides is 1. The summed E-state index contributed by atoms with van der Waals surface area (Å²) in [5.41, 5.74) is 0.707. The van der Waals surface area contributed by atoms with E-state index in [9.17, 15) is 17.6 Å². The Morgan fingerprint density at radius 3 is 2.67 bits per heavy atom. The smallest absolute Gasteiger partial charge is 0.244 e. The van der Waals surface area contributed by atoms with Gasteiger partial charge in [-0.2, -0.15) is 4.31 Å². The number of thioether (sulfide) groups is 1. The van der Waals surface area contributed by atoms with Crippen LogP contribution in [0.5, 0.6) is 0 Å². The summed E-state index contributed by atoms with van der Waals surface area (Å²) >= 11 is 1.24. The van der Waals surface area contributed by atoms with E-state index in [1.165, 1.54) is 45.4 Å². The zero-order valence-electron chi connectivity index (χ0n) is 16.8.